The van der Waals surface area contributed by atoms with Gasteiger partial charge in [0, 0.05) is 24.1 Å². The van der Waals surface area contributed by atoms with Gasteiger partial charge in [-0.05, 0) is 52.2 Å². The van der Waals surface area contributed by atoms with Gasteiger partial charge < -0.3 is 10.3 Å². The number of nitrogens with zero attached hydrogens (tertiary/aromatic N) is 2. The normalized spacial score (nSPS) is 13.2. The maximum atomic E-state index is 12.9. The predicted molar refractivity (Wildman–Crippen MR) is 116 cm³/mol. The van der Waals surface area contributed by atoms with Crippen molar-refractivity contribution in [1.29, 1.82) is 0 Å². The zero-order valence-corrected chi connectivity index (χ0v) is 19.0. The van der Waals surface area contributed by atoms with Gasteiger partial charge in [-0.2, -0.15) is 0 Å². The number of rotatable bonds is 6. The quantitative estimate of drug-likeness (QED) is 0.564. The lowest BCUT2D eigenvalue weighted by atomic mass is 10.0. The molecule has 0 unspecified atom stereocenters. The molecule has 0 radical (unpaired) electrons. The molecular formula is C20H23BrN4O3S. The average Bonchev–Trinajstić information content (AvgIpc) is 3.09. The van der Waals surface area contributed by atoms with Crippen molar-refractivity contribution in [2.75, 3.05) is 14.1 Å². The van der Waals surface area contributed by atoms with Crippen molar-refractivity contribution in [3.63, 3.8) is 0 Å². The molecule has 3 aromatic rings. The monoisotopic (exact) mass is 478 g/mol. The van der Waals surface area contributed by atoms with Crippen molar-refractivity contribution < 1.29 is 13.2 Å². The van der Waals surface area contributed by atoms with Crippen molar-refractivity contribution >= 4 is 42.9 Å². The Morgan fingerprint density at radius 1 is 1.17 bits per heavy atom. The van der Waals surface area contributed by atoms with Crippen molar-refractivity contribution in [2.24, 2.45) is 5.92 Å². The van der Waals surface area contributed by atoms with Gasteiger partial charge in [0.2, 0.25) is 10.0 Å². The number of H-pyrrole nitrogens is 1. The maximum Gasteiger partial charge on any atom is 0.251 e. The molecule has 0 spiro atoms. The highest BCUT2D eigenvalue weighted by Gasteiger charge is 2.25. The summed E-state index contributed by atoms with van der Waals surface area (Å²) in [7, 11) is -0.791. The molecule has 0 aliphatic rings. The summed E-state index contributed by atoms with van der Waals surface area (Å²) in [6.07, 6.45) is 0. The molecule has 7 nitrogen and oxygen atoms in total. The van der Waals surface area contributed by atoms with E-state index < -0.39 is 10.0 Å². The Bertz CT molecular complexity index is 1120. The van der Waals surface area contributed by atoms with Crippen LogP contribution < -0.4 is 5.32 Å². The van der Waals surface area contributed by atoms with Crippen molar-refractivity contribution in [1.82, 2.24) is 19.6 Å². The first-order valence-electron chi connectivity index (χ1n) is 9.09. The van der Waals surface area contributed by atoms with Crippen LogP contribution in [0.2, 0.25) is 0 Å². The summed E-state index contributed by atoms with van der Waals surface area (Å²) in [6, 6.07) is 11.8. The lowest BCUT2D eigenvalue weighted by molar-refractivity contribution is 0.0923. The minimum Gasteiger partial charge on any atom is -0.342 e. The molecule has 154 valence electrons. The molecule has 0 aliphatic heterocycles. The number of hydrogen-bond acceptors (Lipinski definition) is 4. The number of hydrogen-bond donors (Lipinski definition) is 2. The number of halogens is 1. The van der Waals surface area contributed by atoms with Gasteiger partial charge in [0.05, 0.1) is 22.0 Å². The Balaban J connectivity index is 1.93. The van der Waals surface area contributed by atoms with Gasteiger partial charge in [-0.15, -0.1) is 0 Å². The van der Waals surface area contributed by atoms with Crippen LogP contribution in [0.15, 0.2) is 51.8 Å². The molecule has 1 atom stereocenters. The molecule has 3 rings (SSSR count). The smallest absolute Gasteiger partial charge is 0.251 e. The van der Waals surface area contributed by atoms with Gasteiger partial charge in [0.25, 0.3) is 5.91 Å². The molecule has 2 N–H and O–H groups in total. The number of benzene rings is 2. The van der Waals surface area contributed by atoms with E-state index in [2.05, 4.69) is 31.2 Å². The number of fused-ring (bicyclic) bond motifs is 1. The number of carbonyl (C=O) groups is 1. The molecule has 0 saturated carbocycles. The summed E-state index contributed by atoms with van der Waals surface area (Å²) in [5.41, 5.74) is 1.98. The Morgan fingerprint density at radius 3 is 2.48 bits per heavy atom. The number of nitrogens with one attached hydrogen (secondary N) is 2. The zero-order chi connectivity index (χ0) is 21.3. The topological polar surface area (TPSA) is 95.2 Å². The van der Waals surface area contributed by atoms with Crippen LogP contribution in [0.4, 0.5) is 0 Å². The number of imidazole rings is 1. The summed E-state index contributed by atoms with van der Waals surface area (Å²) < 4.78 is 26.6. The SMILES string of the molecule is CC(C)[C@H](NC(=O)c1ccc(Br)c(S(=O)(=O)N(C)C)c1)c1nc2ccccc2[nH]1. The maximum absolute atomic E-state index is 12.9. The van der Waals surface area contributed by atoms with Gasteiger partial charge in [-0.25, -0.2) is 17.7 Å². The number of amides is 1. The Morgan fingerprint density at radius 2 is 1.86 bits per heavy atom. The number of aromatic nitrogens is 2. The molecule has 1 aromatic heterocycles. The van der Waals surface area contributed by atoms with Crippen LogP contribution in [-0.4, -0.2) is 42.7 Å². The number of carbonyl (C=O) groups excluding carboxylic acids is 1. The molecular weight excluding hydrogens is 456 g/mol. The van der Waals surface area contributed by atoms with Gasteiger partial charge in [-0.1, -0.05) is 26.0 Å². The average molecular weight is 479 g/mol. The van der Waals surface area contributed by atoms with E-state index in [4.69, 9.17) is 0 Å². The third kappa shape index (κ3) is 4.36. The first-order valence-corrected chi connectivity index (χ1v) is 11.3. The summed E-state index contributed by atoms with van der Waals surface area (Å²) in [4.78, 5) is 20.8. The second kappa shape index (κ2) is 8.25. The highest BCUT2D eigenvalue weighted by molar-refractivity contribution is 9.10. The number of sulfonamides is 1. The van der Waals surface area contributed by atoms with E-state index in [1.54, 1.807) is 12.1 Å². The minimum atomic E-state index is -3.69. The largest absolute Gasteiger partial charge is 0.342 e. The first kappa shape index (κ1) is 21.5. The highest BCUT2D eigenvalue weighted by atomic mass is 79.9. The molecule has 2 aromatic carbocycles. The van der Waals surface area contributed by atoms with Gasteiger partial charge in [0.1, 0.15) is 5.82 Å². The minimum absolute atomic E-state index is 0.0417. The van der Waals surface area contributed by atoms with Crippen LogP contribution in [0.3, 0.4) is 0 Å². The van der Waals surface area contributed by atoms with Crippen molar-refractivity contribution in [2.45, 2.75) is 24.8 Å². The van der Waals surface area contributed by atoms with Crippen molar-refractivity contribution in [3.05, 3.63) is 58.3 Å². The predicted octanol–water partition coefficient (Wildman–Crippen LogP) is 3.70. The third-order valence-corrected chi connectivity index (χ3v) is 7.42. The lowest BCUT2D eigenvalue weighted by Gasteiger charge is -2.21. The van der Waals surface area contributed by atoms with E-state index in [9.17, 15) is 13.2 Å². The number of para-hydroxylation sites is 2. The summed E-state index contributed by atoms with van der Waals surface area (Å²) in [5.74, 6) is 0.361. The molecule has 0 bridgehead atoms. The van der Waals surface area contributed by atoms with E-state index in [1.807, 2.05) is 38.1 Å². The fraction of sp³-hybridized carbons (Fsp3) is 0.300. The molecule has 1 amide bonds. The molecule has 0 fully saturated rings. The van der Waals surface area contributed by atoms with Crippen LogP contribution >= 0.6 is 15.9 Å². The zero-order valence-electron chi connectivity index (χ0n) is 16.6. The fourth-order valence-electron chi connectivity index (χ4n) is 2.93. The summed E-state index contributed by atoms with van der Waals surface area (Å²) >= 11 is 3.26. The molecule has 1 heterocycles. The van der Waals surface area contributed by atoms with E-state index >= 15 is 0 Å². The van der Waals surface area contributed by atoms with E-state index in [-0.39, 0.29) is 28.3 Å². The standard InChI is InChI=1S/C20H23BrN4O3S/c1-12(2)18(19-22-15-7-5-6-8-16(15)23-19)24-20(26)13-9-10-14(21)17(11-13)29(27,28)25(3)4/h5-12,18H,1-4H3,(H,22,23)(H,24,26)/t18-/m0/s1. The van der Waals surface area contributed by atoms with Crippen LogP contribution in [0, 0.1) is 5.92 Å². The van der Waals surface area contributed by atoms with Gasteiger partial charge >= 0.3 is 0 Å². The van der Waals surface area contributed by atoms with Crippen LogP contribution in [-0.2, 0) is 10.0 Å². The van der Waals surface area contributed by atoms with E-state index in [1.165, 1.54) is 20.2 Å². The Labute approximate surface area is 178 Å². The Hall–Kier alpha value is -2.23. The van der Waals surface area contributed by atoms with E-state index in [0.717, 1.165) is 15.3 Å². The number of aromatic amines is 1. The summed E-state index contributed by atoms with van der Waals surface area (Å²) in [6.45, 7) is 3.98. The molecule has 29 heavy (non-hydrogen) atoms. The van der Waals surface area contributed by atoms with Gasteiger partial charge in [-0.3, -0.25) is 4.79 Å². The third-order valence-electron chi connectivity index (χ3n) is 4.61. The Kier molecular flexibility index (Phi) is 6.11. The van der Waals surface area contributed by atoms with Crippen molar-refractivity contribution in [3.8, 4) is 0 Å². The molecule has 0 aliphatic carbocycles. The second-order valence-corrected chi connectivity index (χ2v) is 10.2. The highest BCUT2D eigenvalue weighted by Crippen LogP contribution is 2.27. The first-order chi connectivity index (χ1) is 13.6. The second-order valence-electron chi connectivity index (χ2n) is 7.27. The fourth-order valence-corrected chi connectivity index (χ4v) is 4.78. The van der Waals surface area contributed by atoms with Gasteiger partial charge in [0.15, 0.2) is 0 Å². The van der Waals surface area contributed by atoms with Crippen LogP contribution in [0.25, 0.3) is 11.0 Å². The van der Waals surface area contributed by atoms with Crippen LogP contribution in [0.5, 0.6) is 0 Å². The molecule has 0 saturated heterocycles. The lowest BCUT2D eigenvalue weighted by Crippen LogP contribution is -2.32. The summed E-state index contributed by atoms with van der Waals surface area (Å²) in [5, 5.41) is 2.98. The van der Waals surface area contributed by atoms with E-state index in [0.29, 0.717) is 10.3 Å². The molecule has 9 heteroatoms. The van der Waals surface area contributed by atoms with Crippen LogP contribution in [0.1, 0.15) is 36.1 Å².